The molecule has 4 atom stereocenters. The van der Waals surface area contributed by atoms with Crippen LogP contribution in [0.4, 0.5) is 5.69 Å². The van der Waals surface area contributed by atoms with E-state index >= 15 is 0 Å². The van der Waals surface area contributed by atoms with Crippen LogP contribution in [-0.2, 0) is 32.6 Å². The van der Waals surface area contributed by atoms with Crippen LogP contribution in [0, 0.1) is 23.7 Å². The Morgan fingerprint density at radius 1 is 0.840 bits per heavy atom. The maximum atomic E-state index is 13.7. The van der Waals surface area contributed by atoms with Gasteiger partial charge in [0.25, 0.3) is 11.8 Å². The molecule has 0 spiro atoms. The SMILES string of the molecule is CCc1csc(CNC(=O)c2cc(NS(=O)(=O)CC)cc(C(=O)NC(CC(C)C)C(O)CC(C)C(=O)NC(C(=O)NCC(C)C)C(C)C)c2)n1. The van der Waals surface area contributed by atoms with Gasteiger partial charge in [-0.25, -0.2) is 13.4 Å². The first-order chi connectivity index (χ1) is 23.3. The number of nitrogens with one attached hydrogen (secondary N) is 5. The molecule has 1 heterocycles. The van der Waals surface area contributed by atoms with Crippen LogP contribution in [0.2, 0.25) is 0 Å². The topological polar surface area (TPSA) is 196 Å². The molecule has 50 heavy (non-hydrogen) atoms. The Balaban J connectivity index is 2.26. The van der Waals surface area contributed by atoms with Crippen LogP contribution in [-0.4, -0.2) is 72.6 Å². The van der Waals surface area contributed by atoms with E-state index in [1.165, 1.54) is 36.5 Å². The molecule has 0 saturated carbocycles. The number of benzene rings is 1. The number of aliphatic hydroxyl groups is 1. The highest BCUT2D eigenvalue weighted by atomic mass is 32.2. The monoisotopic (exact) mass is 736 g/mol. The Kier molecular flexibility index (Phi) is 16.8. The van der Waals surface area contributed by atoms with Crippen molar-refractivity contribution in [3.8, 4) is 0 Å². The van der Waals surface area contributed by atoms with Gasteiger partial charge in [-0.15, -0.1) is 11.3 Å². The molecule has 0 bridgehead atoms. The molecule has 0 saturated heterocycles. The minimum atomic E-state index is -3.74. The zero-order valence-corrected chi connectivity index (χ0v) is 32.4. The van der Waals surface area contributed by atoms with Crippen LogP contribution in [0.15, 0.2) is 23.6 Å². The molecular weight excluding hydrogens is 681 g/mol. The van der Waals surface area contributed by atoms with Gasteiger partial charge in [0.15, 0.2) is 0 Å². The normalized spacial score (nSPS) is 14.2. The molecular formula is C35H56N6O7S2. The number of carbonyl (C=O) groups excluding carboxylic acids is 4. The summed E-state index contributed by atoms with van der Waals surface area (Å²) in [6, 6.07) is 2.52. The average molecular weight is 737 g/mol. The highest BCUT2D eigenvalue weighted by Crippen LogP contribution is 2.21. The summed E-state index contributed by atoms with van der Waals surface area (Å²) in [5.41, 5.74) is 1.01. The smallest absolute Gasteiger partial charge is 0.251 e. The van der Waals surface area contributed by atoms with Crippen LogP contribution in [0.1, 0.15) is 107 Å². The highest BCUT2D eigenvalue weighted by molar-refractivity contribution is 7.92. The maximum Gasteiger partial charge on any atom is 0.251 e. The third-order valence-corrected chi connectivity index (χ3v) is 10.2. The van der Waals surface area contributed by atoms with Gasteiger partial charge >= 0.3 is 0 Å². The van der Waals surface area contributed by atoms with Crippen molar-refractivity contribution in [2.24, 2.45) is 23.7 Å². The number of carbonyl (C=O) groups is 4. The second kappa shape index (κ2) is 19.7. The molecule has 2 rings (SSSR count). The summed E-state index contributed by atoms with van der Waals surface area (Å²) >= 11 is 1.41. The Labute approximate surface area is 301 Å². The second-order valence-electron chi connectivity index (χ2n) is 13.9. The average Bonchev–Trinajstić information content (AvgIpc) is 3.51. The number of aryl methyl sites for hydroxylation is 1. The maximum absolute atomic E-state index is 13.7. The predicted molar refractivity (Wildman–Crippen MR) is 197 cm³/mol. The van der Waals surface area contributed by atoms with Gasteiger partial charge in [-0.05, 0) is 62.1 Å². The van der Waals surface area contributed by atoms with Gasteiger partial charge in [0.2, 0.25) is 21.8 Å². The largest absolute Gasteiger partial charge is 0.391 e. The number of aliphatic hydroxyl groups excluding tert-OH is 1. The van der Waals surface area contributed by atoms with Crippen molar-refractivity contribution in [1.82, 2.24) is 26.3 Å². The minimum Gasteiger partial charge on any atom is -0.391 e. The van der Waals surface area contributed by atoms with E-state index in [4.69, 9.17) is 0 Å². The van der Waals surface area contributed by atoms with Crippen molar-refractivity contribution in [3.05, 3.63) is 45.4 Å². The van der Waals surface area contributed by atoms with Crippen molar-refractivity contribution in [3.63, 3.8) is 0 Å². The molecule has 4 amide bonds. The van der Waals surface area contributed by atoms with Crippen LogP contribution in [0.25, 0.3) is 0 Å². The summed E-state index contributed by atoms with van der Waals surface area (Å²) in [7, 11) is -3.74. The number of anilines is 1. The molecule has 6 N–H and O–H groups in total. The van der Waals surface area contributed by atoms with Gasteiger partial charge in [-0.3, -0.25) is 23.9 Å². The molecule has 0 aliphatic carbocycles. The molecule has 0 aliphatic rings. The molecule has 4 unspecified atom stereocenters. The van der Waals surface area contributed by atoms with E-state index in [0.29, 0.717) is 18.0 Å². The quantitative estimate of drug-likeness (QED) is 0.118. The summed E-state index contributed by atoms with van der Waals surface area (Å²) in [6.45, 7) is 17.2. The number of rotatable bonds is 20. The first kappa shape index (κ1) is 42.6. The number of thiazole rings is 1. The summed E-state index contributed by atoms with van der Waals surface area (Å²) < 4.78 is 27.2. The molecule has 280 valence electrons. The van der Waals surface area contributed by atoms with Gasteiger partial charge in [0.1, 0.15) is 11.0 Å². The number of amides is 4. The lowest BCUT2D eigenvalue weighted by Crippen LogP contribution is -2.52. The molecule has 1 aromatic carbocycles. The first-order valence-corrected chi connectivity index (χ1v) is 19.8. The summed E-state index contributed by atoms with van der Waals surface area (Å²) in [5, 5.41) is 25.2. The summed E-state index contributed by atoms with van der Waals surface area (Å²) in [5.74, 6) is -2.60. The van der Waals surface area contributed by atoms with Crippen molar-refractivity contribution in [1.29, 1.82) is 0 Å². The van der Waals surface area contributed by atoms with Crippen LogP contribution in [0.5, 0.6) is 0 Å². The first-order valence-electron chi connectivity index (χ1n) is 17.3. The molecule has 2 aromatic rings. The van der Waals surface area contributed by atoms with E-state index in [-0.39, 0.29) is 59.2 Å². The lowest BCUT2D eigenvalue weighted by Gasteiger charge is -2.29. The zero-order chi connectivity index (χ0) is 37.8. The van der Waals surface area contributed by atoms with Crippen molar-refractivity contribution in [2.45, 2.75) is 106 Å². The van der Waals surface area contributed by atoms with Crippen LogP contribution < -0.4 is 26.0 Å². The molecule has 15 heteroatoms. The lowest BCUT2D eigenvalue weighted by atomic mass is 9.91. The second-order valence-corrected chi connectivity index (χ2v) is 16.8. The Morgan fingerprint density at radius 3 is 2.02 bits per heavy atom. The van der Waals surface area contributed by atoms with Crippen molar-refractivity contribution in [2.75, 3.05) is 17.0 Å². The van der Waals surface area contributed by atoms with E-state index in [9.17, 15) is 32.7 Å². The molecule has 0 radical (unpaired) electrons. The number of nitrogens with zero attached hydrogens (tertiary/aromatic N) is 1. The molecule has 13 nitrogen and oxygen atoms in total. The van der Waals surface area contributed by atoms with Crippen LogP contribution >= 0.6 is 11.3 Å². The fourth-order valence-electron chi connectivity index (χ4n) is 5.00. The Morgan fingerprint density at radius 2 is 1.48 bits per heavy atom. The van der Waals surface area contributed by atoms with E-state index in [1.54, 1.807) is 6.92 Å². The minimum absolute atomic E-state index is 0.00241. The Hall–Kier alpha value is -3.56. The number of aromatic nitrogens is 1. The third kappa shape index (κ3) is 14.0. The zero-order valence-electron chi connectivity index (χ0n) is 30.8. The van der Waals surface area contributed by atoms with E-state index in [2.05, 4.69) is 31.0 Å². The lowest BCUT2D eigenvalue weighted by molar-refractivity contribution is -0.132. The molecule has 0 aliphatic heterocycles. The van der Waals surface area contributed by atoms with E-state index in [1.807, 2.05) is 53.8 Å². The van der Waals surface area contributed by atoms with Gasteiger partial charge < -0.3 is 26.4 Å². The molecule has 0 fully saturated rings. The predicted octanol–water partition coefficient (Wildman–Crippen LogP) is 3.84. The van der Waals surface area contributed by atoms with Gasteiger partial charge in [0, 0.05) is 29.0 Å². The Bertz CT molecular complexity index is 1560. The van der Waals surface area contributed by atoms with Gasteiger partial charge in [0.05, 0.1) is 35.8 Å². The van der Waals surface area contributed by atoms with Crippen LogP contribution in [0.3, 0.4) is 0 Å². The van der Waals surface area contributed by atoms with E-state index in [0.717, 1.165) is 12.1 Å². The molecule has 1 aromatic heterocycles. The number of sulfonamides is 1. The van der Waals surface area contributed by atoms with Crippen molar-refractivity contribution >= 4 is 50.7 Å². The number of hydrogen-bond acceptors (Lipinski definition) is 9. The van der Waals surface area contributed by atoms with Crippen molar-refractivity contribution < 1.29 is 32.7 Å². The summed E-state index contributed by atoms with van der Waals surface area (Å²) in [6.07, 6.45) is 0.000857. The summed E-state index contributed by atoms with van der Waals surface area (Å²) in [4.78, 5) is 57.3. The highest BCUT2D eigenvalue weighted by Gasteiger charge is 2.30. The van der Waals surface area contributed by atoms with Gasteiger partial charge in [-0.1, -0.05) is 55.4 Å². The standard InChI is InChI=1S/C35H56N6O7S2/c1-10-26-19-49-30(38-26)18-37-33(44)24-14-25(16-27(15-24)41-50(47,48)11-2)34(45)39-28(12-20(3)4)29(42)13-23(9)32(43)40-31(22(7)8)35(46)36-17-21(5)6/h14-16,19-23,28-29,31,41-42H,10-13,17-18H2,1-9H3,(H,36,46)(H,37,44)(H,39,45)(H,40,43). The number of hydrogen-bond donors (Lipinski definition) is 6. The fraction of sp³-hybridized carbons (Fsp3) is 0.629. The fourth-order valence-corrected chi connectivity index (χ4v) is 6.44. The van der Waals surface area contributed by atoms with E-state index < -0.39 is 51.9 Å². The third-order valence-electron chi connectivity index (χ3n) is 7.95. The van der Waals surface area contributed by atoms with Gasteiger partial charge in [-0.2, -0.15) is 0 Å².